The van der Waals surface area contributed by atoms with Crippen LogP contribution in [-0.4, -0.2) is 48.3 Å². The molecule has 5 rings (SSSR count). The maximum absolute atomic E-state index is 15.3. The number of benzene rings is 1. The molecule has 1 aromatic carbocycles. The van der Waals surface area contributed by atoms with Crippen molar-refractivity contribution in [2.24, 2.45) is 5.92 Å². The topological polar surface area (TPSA) is 121 Å². The van der Waals surface area contributed by atoms with Crippen molar-refractivity contribution in [2.45, 2.75) is 26.3 Å². The minimum absolute atomic E-state index is 0.0378. The van der Waals surface area contributed by atoms with Gasteiger partial charge in [0.2, 0.25) is 5.88 Å². The van der Waals surface area contributed by atoms with E-state index < -0.39 is 18.3 Å². The molecule has 3 aromatic rings. The van der Waals surface area contributed by atoms with Gasteiger partial charge in [-0.15, -0.1) is 0 Å². The highest BCUT2D eigenvalue weighted by atomic mass is 19.1. The van der Waals surface area contributed by atoms with Crippen molar-refractivity contribution in [1.29, 1.82) is 0 Å². The Morgan fingerprint density at radius 3 is 2.85 bits per heavy atom. The van der Waals surface area contributed by atoms with Gasteiger partial charge in [-0.05, 0) is 30.0 Å². The average Bonchev–Trinajstić information content (AvgIpc) is 3.20. The summed E-state index contributed by atoms with van der Waals surface area (Å²) < 4.78 is 44.6. The zero-order valence-electron chi connectivity index (χ0n) is 18.5. The lowest BCUT2D eigenvalue weighted by Crippen LogP contribution is -2.27. The molecule has 9 nitrogen and oxygen atoms in total. The van der Waals surface area contributed by atoms with E-state index in [1.54, 1.807) is 19.1 Å². The number of alkyl halides is 1. The minimum Gasteiger partial charge on any atom is -0.443 e. The number of hydrogen-bond acceptors (Lipinski definition) is 8. The first-order chi connectivity index (χ1) is 16.3. The number of hydrogen-bond donors (Lipinski definition) is 3. The van der Waals surface area contributed by atoms with E-state index >= 15 is 4.39 Å². The van der Waals surface area contributed by atoms with Crippen LogP contribution in [0.15, 0.2) is 24.5 Å². The van der Waals surface area contributed by atoms with Gasteiger partial charge in [0.05, 0.1) is 25.4 Å². The quantitative estimate of drug-likeness (QED) is 0.490. The molecule has 0 aliphatic carbocycles. The van der Waals surface area contributed by atoms with E-state index in [1.807, 2.05) is 6.92 Å². The number of amides is 1. The van der Waals surface area contributed by atoms with Crippen LogP contribution < -0.4 is 21.1 Å². The fourth-order valence-electron chi connectivity index (χ4n) is 4.12. The van der Waals surface area contributed by atoms with Crippen molar-refractivity contribution >= 4 is 34.1 Å². The molecule has 4 N–H and O–H groups in total. The number of nitrogens with two attached hydrogens (primary N) is 1. The predicted molar refractivity (Wildman–Crippen MR) is 122 cm³/mol. The Bertz CT molecular complexity index is 1290. The number of anilines is 3. The highest BCUT2D eigenvalue weighted by molar-refractivity contribution is 5.99. The van der Waals surface area contributed by atoms with Gasteiger partial charge in [0.15, 0.2) is 5.82 Å². The summed E-state index contributed by atoms with van der Waals surface area (Å²) in [6, 6.07) is 3.19. The van der Waals surface area contributed by atoms with Gasteiger partial charge in [-0.3, -0.25) is 5.32 Å². The number of pyridine rings is 2. The van der Waals surface area contributed by atoms with E-state index in [1.165, 1.54) is 12.4 Å². The number of aromatic nitrogens is 2. The zero-order valence-corrected chi connectivity index (χ0v) is 18.5. The molecule has 0 bridgehead atoms. The molecular formula is C23H23F2N5O4. The highest BCUT2D eigenvalue weighted by Gasteiger charge is 2.28. The number of nitrogen functional groups attached to an aromatic ring is 1. The third kappa shape index (κ3) is 3.92. The Balaban J connectivity index is 1.48. The maximum Gasteiger partial charge on any atom is 0.413 e. The molecule has 0 spiro atoms. The molecule has 1 amide bonds. The van der Waals surface area contributed by atoms with Crippen LogP contribution >= 0.6 is 0 Å². The van der Waals surface area contributed by atoms with Gasteiger partial charge >= 0.3 is 6.09 Å². The minimum atomic E-state index is -1.51. The molecule has 1 saturated heterocycles. The first kappa shape index (κ1) is 22.1. The summed E-state index contributed by atoms with van der Waals surface area (Å²) in [6.45, 7) is 4.54. The maximum atomic E-state index is 15.3. The average molecular weight is 471 g/mol. The number of nitrogens with one attached hydrogen (secondary N) is 2. The van der Waals surface area contributed by atoms with Gasteiger partial charge in [0, 0.05) is 34.8 Å². The Hall–Kier alpha value is -3.73. The molecule has 0 radical (unpaired) electrons. The van der Waals surface area contributed by atoms with Crippen LogP contribution in [-0.2, 0) is 9.47 Å². The lowest BCUT2D eigenvalue weighted by molar-refractivity contribution is 0.0688. The Kier molecular flexibility index (Phi) is 5.56. The van der Waals surface area contributed by atoms with E-state index in [-0.39, 0.29) is 41.5 Å². The third-order valence-electron chi connectivity index (χ3n) is 6.06. The van der Waals surface area contributed by atoms with Crippen LogP contribution in [0, 0.1) is 18.7 Å². The summed E-state index contributed by atoms with van der Waals surface area (Å²) in [4.78, 5) is 20.6. The van der Waals surface area contributed by atoms with Crippen LogP contribution in [0.2, 0.25) is 0 Å². The lowest BCUT2D eigenvalue weighted by Gasteiger charge is -2.24. The van der Waals surface area contributed by atoms with Crippen LogP contribution in [0.25, 0.3) is 21.9 Å². The Morgan fingerprint density at radius 2 is 2.09 bits per heavy atom. The first-order valence-electron chi connectivity index (χ1n) is 10.8. The number of ether oxygens (including phenoxy) is 3. The molecule has 0 saturated carbocycles. The van der Waals surface area contributed by atoms with E-state index in [0.717, 1.165) is 0 Å². The van der Waals surface area contributed by atoms with Crippen molar-refractivity contribution in [2.75, 3.05) is 36.1 Å². The van der Waals surface area contributed by atoms with Crippen LogP contribution in [0.3, 0.4) is 0 Å². The SMILES string of the molecule is Cc1c(-c2cc3cc(NC(=O)OC4COCC4C)ncc3c(N)c2F)cnc2c1NCC(F)O2. The van der Waals surface area contributed by atoms with E-state index in [2.05, 4.69) is 20.6 Å². The number of carbonyl (C=O) groups is 1. The van der Waals surface area contributed by atoms with E-state index in [9.17, 15) is 9.18 Å². The van der Waals surface area contributed by atoms with Crippen molar-refractivity contribution in [3.63, 3.8) is 0 Å². The molecule has 1 fully saturated rings. The molecule has 3 atom stereocenters. The summed E-state index contributed by atoms with van der Waals surface area (Å²) in [5.74, 6) is -0.185. The summed E-state index contributed by atoms with van der Waals surface area (Å²) in [5.41, 5.74) is 7.81. The summed E-state index contributed by atoms with van der Waals surface area (Å²) in [7, 11) is 0. The van der Waals surface area contributed by atoms with Crippen molar-refractivity contribution in [3.8, 4) is 17.0 Å². The number of nitrogens with zero attached hydrogens (tertiary/aromatic N) is 2. The largest absolute Gasteiger partial charge is 0.443 e. The van der Waals surface area contributed by atoms with Gasteiger partial charge in [-0.25, -0.2) is 19.2 Å². The molecule has 2 aliphatic heterocycles. The third-order valence-corrected chi connectivity index (χ3v) is 6.06. The highest BCUT2D eigenvalue weighted by Crippen LogP contribution is 2.40. The summed E-state index contributed by atoms with van der Waals surface area (Å²) >= 11 is 0. The molecule has 2 aromatic heterocycles. The molecule has 34 heavy (non-hydrogen) atoms. The molecular weight excluding hydrogens is 448 g/mol. The smallest absolute Gasteiger partial charge is 0.413 e. The van der Waals surface area contributed by atoms with Crippen LogP contribution in [0.5, 0.6) is 5.88 Å². The van der Waals surface area contributed by atoms with Gasteiger partial charge in [-0.2, -0.15) is 4.39 Å². The van der Waals surface area contributed by atoms with Crippen molar-refractivity contribution in [1.82, 2.24) is 9.97 Å². The monoisotopic (exact) mass is 471 g/mol. The zero-order chi connectivity index (χ0) is 24.0. The van der Waals surface area contributed by atoms with E-state index in [0.29, 0.717) is 40.8 Å². The molecule has 4 heterocycles. The Morgan fingerprint density at radius 1 is 1.26 bits per heavy atom. The standard InChI is InChI=1S/C23H23F2N5O4/c1-10-8-32-9-16(10)33-23(31)30-18-4-12-3-13(19(25)20(26)15(12)6-27-18)14-5-29-22-21(11(14)2)28-7-17(24)34-22/h3-6,10,16-17,28H,7-9,26H2,1-2H3,(H,27,30,31). The second kappa shape index (κ2) is 8.56. The van der Waals surface area contributed by atoms with Crippen molar-refractivity contribution < 1.29 is 27.8 Å². The number of carbonyl (C=O) groups excluding carboxylic acids is 1. The molecule has 178 valence electrons. The molecule has 11 heteroatoms. The Labute approximate surface area is 193 Å². The van der Waals surface area contributed by atoms with Crippen molar-refractivity contribution in [3.05, 3.63) is 35.9 Å². The molecule has 2 aliphatic rings. The summed E-state index contributed by atoms with van der Waals surface area (Å²) in [6.07, 6.45) is 0.314. The van der Waals surface area contributed by atoms with Gasteiger partial charge in [0.25, 0.3) is 6.36 Å². The van der Waals surface area contributed by atoms with Gasteiger partial charge in [-0.1, -0.05) is 6.92 Å². The van der Waals surface area contributed by atoms with Crippen LogP contribution in [0.4, 0.5) is 30.8 Å². The van der Waals surface area contributed by atoms with Crippen LogP contribution in [0.1, 0.15) is 12.5 Å². The second-order valence-electron chi connectivity index (χ2n) is 8.41. The number of halogens is 2. The fraction of sp³-hybridized carbons (Fsp3) is 0.348. The van der Waals surface area contributed by atoms with E-state index in [4.69, 9.17) is 19.9 Å². The summed E-state index contributed by atoms with van der Waals surface area (Å²) in [5, 5.41) is 6.47. The normalized spacial score (nSPS) is 21.5. The second-order valence-corrected chi connectivity index (χ2v) is 8.41. The lowest BCUT2D eigenvalue weighted by atomic mass is 9.97. The fourth-order valence-corrected chi connectivity index (χ4v) is 4.12. The number of fused-ring (bicyclic) bond motifs is 2. The first-order valence-corrected chi connectivity index (χ1v) is 10.8. The number of rotatable bonds is 3. The van der Waals surface area contributed by atoms with Gasteiger partial charge in [0.1, 0.15) is 17.6 Å². The molecule has 3 unspecified atom stereocenters. The van der Waals surface area contributed by atoms with Gasteiger partial charge < -0.3 is 25.3 Å². The predicted octanol–water partition coefficient (Wildman–Crippen LogP) is 4.01.